The summed E-state index contributed by atoms with van der Waals surface area (Å²) in [6.45, 7) is 0.193. The summed E-state index contributed by atoms with van der Waals surface area (Å²) in [6, 6.07) is 9.10. The van der Waals surface area contributed by atoms with Crippen molar-refractivity contribution in [2.45, 2.75) is 31.7 Å². The molecule has 1 fully saturated rings. The number of hydrogen-bond donors (Lipinski definition) is 1. The zero-order valence-electron chi connectivity index (χ0n) is 12.0. The molecule has 1 aliphatic carbocycles. The van der Waals surface area contributed by atoms with E-state index >= 15 is 0 Å². The lowest BCUT2D eigenvalue weighted by Crippen LogP contribution is -2.43. The van der Waals surface area contributed by atoms with Crippen molar-refractivity contribution in [1.82, 2.24) is 4.90 Å². The highest BCUT2D eigenvalue weighted by Crippen LogP contribution is 2.24. The lowest BCUT2D eigenvalue weighted by Gasteiger charge is -2.28. The summed E-state index contributed by atoms with van der Waals surface area (Å²) < 4.78 is 5.48. The van der Waals surface area contributed by atoms with Crippen molar-refractivity contribution < 1.29 is 14.6 Å². The van der Waals surface area contributed by atoms with Gasteiger partial charge in [0.25, 0.3) is 5.91 Å². The number of benzene rings is 1. The second kappa shape index (κ2) is 7.65. The van der Waals surface area contributed by atoms with Gasteiger partial charge in [-0.25, -0.2) is 0 Å². The van der Waals surface area contributed by atoms with Gasteiger partial charge in [0.1, 0.15) is 11.8 Å². The van der Waals surface area contributed by atoms with E-state index in [1.807, 2.05) is 6.07 Å². The van der Waals surface area contributed by atoms with Crippen LogP contribution in [-0.4, -0.2) is 41.7 Å². The van der Waals surface area contributed by atoms with Crippen molar-refractivity contribution in [1.29, 1.82) is 5.26 Å². The molecule has 2 rings (SSSR count). The summed E-state index contributed by atoms with van der Waals surface area (Å²) in [6.07, 6.45) is 4.22. The Morgan fingerprint density at radius 2 is 2.10 bits per heavy atom. The largest absolute Gasteiger partial charge is 0.482 e. The number of aliphatic hydroxyl groups is 1. The molecule has 112 valence electrons. The molecule has 0 atom stereocenters. The standard InChI is InChI=1S/C16H20N2O3/c17-11-13-5-1-4-8-15(13)21-12-16(20)18(9-10-19)14-6-2-3-7-14/h1,4-5,8,14,19H,2-3,6-7,9-10,12H2. The lowest BCUT2D eigenvalue weighted by atomic mass is 10.2. The van der Waals surface area contributed by atoms with Crippen LogP contribution in [0.1, 0.15) is 31.2 Å². The second-order valence-electron chi connectivity index (χ2n) is 5.15. The first kappa shape index (κ1) is 15.3. The molecule has 1 aromatic rings. The van der Waals surface area contributed by atoms with Gasteiger partial charge in [-0.2, -0.15) is 5.26 Å². The van der Waals surface area contributed by atoms with Crippen LogP contribution in [0, 0.1) is 11.3 Å². The van der Waals surface area contributed by atoms with Gasteiger partial charge in [-0.3, -0.25) is 4.79 Å². The van der Waals surface area contributed by atoms with E-state index in [-0.39, 0.29) is 25.2 Å². The van der Waals surface area contributed by atoms with E-state index in [1.165, 1.54) is 0 Å². The van der Waals surface area contributed by atoms with Gasteiger partial charge < -0.3 is 14.7 Å². The fourth-order valence-electron chi connectivity index (χ4n) is 2.74. The normalized spacial score (nSPS) is 14.7. The molecule has 0 aromatic heterocycles. The van der Waals surface area contributed by atoms with Crippen LogP contribution in [0.15, 0.2) is 24.3 Å². The molecule has 0 bridgehead atoms. The van der Waals surface area contributed by atoms with Crippen LogP contribution >= 0.6 is 0 Å². The van der Waals surface area contributed by atoms with Gasteiger partial charge in [-0.05, 0) is 25.0 Å². The first-order chi connectivity index (χ1) is 10.3. The van der Waals surface area contributed by atoms with E-state index < -0.39 is 0 Å². The fraction of sp³-hybridized carbons (Fsp3) is 0.500. The van der Waals surface area contributed by atoms with Crippen LogP contribution in [-0.2, 0) is 4.79 Å². The minimum atomic E-state index is -0.135. The summed E-state index contributed by atoms with van der Waals surface area (Å²) in [5.74, 6) is 0.285. The second-order valence-corrected chi connectivity index (χ2v) is 5.15. The van der Waals surface area contributed by atoms with Crippen molar-refractivity contribution in [3.05, 3.63) is 29.8 Å². The average Bonchev–Trinajstić information content (AvgIpc) is 3.04. The van der Waals surface area contributed by atoms with Crippen LogP contribution in [0.5, 0.6) is 5.75 Å². The number of para-hydroxylation sites is 1. The summed E-state index contributed by atoms with van der Waals surface area (Å²) in [7, 11) is 0. The smallest absolute Gasteiger partial charge is 0.260 e. The molecular formula is C16H20N2O3. The Kier molecular flexibility index (Phi) is 5.59. The Bertz CT molecular complexity index is 518. The number of nitriles is 1. The average molecular weight is 288 g/mol. The van der Waals surface area contributed by atoms with Gasteiger partial charge in [0, 0.05) is 12.6 Å². The zero-order chi connectivity index (χ0) is 15.1. The predicted octanol–water partition coefficient (Wildman–Crippen LogP) is 1.70. The third-order valence-electron chi connectivity index (χ3n) is 3.79. The van der Waals surface area contributed by atoms with E-state index in [1.54, 1.807) is 29.2 Å². The molecule has 1 N–H and O–H groups in total. The van der Waals surface area contributed by atoms with Crippen molar-refractivity contribution >= 4 is 5.91 Å². The lowest BCUT2D eigenvalue weighted by molar-refractivity contribution is -0.136. The Balaban J connectivity index is 1.97. The summed E-state index contributed by atoms with van der Waals surface area (Å²) in [4.78, 5) is 14.0. The molecule has 0 radical (unpaired) electrons. The summed E-state index contributed by atoms with van der Waals surface area (Å²) >= 11 is 0. The Hall–Kier alpha value is -2.06. The SMILES string of the molecule is N#Cc1ccccc1OCC(=O)N(CCO)C1CCCC1. The molecule has 0 saturated heterocycles. The van der Waals surface area contributed by atoms with Crippen molar-refractivity contribution in [3.8, 4) is 11.8 Å². The first-order valence-corrected chi connectivity index (χ1v) is 7.28. The molecular weight excluding hydrogens is 268 g/mol. The maximum Gasteiger partial charge on any atom is 0.260 e. The van der Waals surface area contributed by atoms with Gasteiger partial charge in [0.2, 0.25) is 0 Å². The minimum Gasteiger partial charge on any atom is -0.482 e. The van der Waals surface area contributed by atoms with Crippen LogP contribution in [0.2, 0.25) is 0 Å². The van der Waals surface area contributed by atoms with Gasteiger partial charge in [-0.15, -0.1) is 0 Å². The number of ether oxygens (including phenoxy) is 1. The van der Waals surface area contributed by atoms with Gasteiger partial charge in [-0.1, -0.05) is 25.0 Å². The van der Waals surface area contributed by atoms with Crippen molar-refractivity contribution in [3.63, 3.8) is 0 Å². The highest BCUT2D eigenvalue weighted by Gasteiger charge is 2.26. The molecule has 1 aliphatic rings. The quantitative estimate of drug-likeness (QED) is 0.864. The highest BCUT2D eigenvalue weighted by atomic mass is 16.5. The number of nitrogens with zero attached hydrogens (tertiary/aromatic N) is 2. The Morgan fingerprint density at radius 1 is 1.38 bits per heavy atom. The first-order valence-electron chi connectivity index (χ1n) is 7.28. The zero-order valence-corrected chi connectivity index (χ0v) is 12.0. The Labute approximate surface area is 124 Å². The molecule has 1 aromatic carbocycles. The molecule has 0 unspecified atom stereocenters. The predicted molar refractivity (Wildman–Crippen MR) is 77.7 cm³/mol. The van der Waals surface area contributed by atoms with Crippen LogP contribution in [0.3, 0.4) is 0 Å². The topological polar surface area (TPSA) is 73.6 Å². The molecule has 5 nitrogen and oxygen atoms in total. The maximum absolute atomic E-state index is 12.3. The van der Waals surface area contributed by atoms with Gasteiger partial charge >= 0.3 is 0 Å². The summed E-state index contributed by atoms with van der Waals surface area (Å²) in [5, 5.41) is 18.1. The number of carbonyl (C=O) groups is 1. The number of amides is 1. The molecule has 1 saturated carbocycles. The molecule has 5 heteroatoms. The number of carbonyl (C=O) groups excluding carboxylic acids is 1. The van der Waals surface area contributed by atoms with E-state index in [0.717, 1.165) is 25.7 Å². The molecule has 0 spiro atoms. The van der Waals surface area contributed by atoms with Crippen molar-refractivity contribution in [2.24, 2.45) is 0 Å². The fourth-order valence-corrected chi connectivity index (χ4v) is 2.74. The molecule has 0 heterocycles. The van der Waals surface area contributed by atoms with E-state index in [2.05, 4.69) is 0 Å². The van der Waals surface area contributed by atoms with E-state index in [9.17, 15) is 4.79 Å². The monoisotopic (exact) mass is 288 g/mol. The van der Waals surface area contributed by atoms with Gasteiger partial charge in [0.15, 0.2) is 6.61 Å². The van der Waals surface area contributed by atoms with Crippen LogP contribution in [0.4, 0.5) is 0 Å². The molecule has 0 aliphatic heterocycles. The van der Waals surface area contributed by atoms with Crippen molar-refractivity contribution in [2.75, 3.05) is 19.8 Å². The van der Waals surface area contributed by atoms with Crippen LogP contribution in [0.25, 0.3) is 0 Å². The van der Waals surface area contributed by atoms with Crippen LogP contribution < -0.4 is 4.74 Å². The molecule has 1 amide bonds. The third kappa shape index (κ3) is 3.96. The molecule has 21 heavy (non-hydrogen) atoms. The number of rotatable bonds is 6. The highest BCUT2D eigenvalue weighted by molar-refractivity contribution is 5.78. The van der Waals surface area contributed by atoms with Gasteiger partial charge in [0.05, 0.1) is 12.2 Å². The minimum absolute atomic E-state index is 0.0446. The third-order valence-corrected chi connectivity index (χ3v) is 3.79. The maximum atomic E-state index is 12.3. The van der Waals surface area contributed by atoms with E-state index in [4.69, 9.17) is 15.1 Å². The van der Waals surface area contributed by atoms with E-state index in [0.29, 0.717) is 17.9 Å². The summed E-state index contributed by atoms with van der Waals surface area (Å²) in [5.41, 5.74) is 0.417. The Morgan fingerprint density at radius 3 is 2.76 bits per heavy atom. The number of aliphatic hydroxyl groups excluding tert-OH is 1. The number of hydrogen-bond acceptors (Lipinski definition) is 4.